The summed E-state index contributed by atoms with van der Waals surface area (Å²) >= 11 is 0. The van der Waals surface area contributed by atoms with Crippen molar-refractivity contribution in [1.82, 2.24) is 0 Å². The largest absolute Gasteiger partial charge is 0.499 e. The van der Waals surface area contributed by atoms with Crippen molar-refractivity contribution in [3.8, 4) is 0 Å². The lowest BCUT2D eigenvalue weighted by Gasteiger charge is -2.23. The van der Waals surface area contributed by atoms with Gasteiger partial charge in [0.2, 0.25) is 9.76 Å². The minimum atomic E-state index is -2.40. The smallest absolute Gasteiger partial charge is 0.377 e. The molecular weight excluding hydrogens is 180 g/mol. The maximum atomic E-state index is 10.3. The highest BCUT2D eigenvalue weighted by atomic mass is 28.4. The van der Waals surface area contributed by atoms with Gasteiger partial charge in [-0.05, 0) is 6.04 Å². The summed E-state index contributed by atoms with van der Waals surface area (Å²) in [5, 5.41) is 0. The van der Waals surface area contributed by atoms with Gasteiger partial charge < -0.3 is 18.1 Å². The van der Waals surface area contributed by atoms with Crippen LogP contribution in [0, 0.1) is 0 Å². The summed E-state index contributed by atoms with van der Waals surface area (Å²) in [6.45, 7) is 0. The zero-order chi connectivity index (χ0) is 8.74. The second-order valence-electron chi connectivity index (χ2n) is 2.10. The molecule has 0 spiro atoms. The van der Waals surface area contributed by atoms with Gasteiger partial charge in [0.05, 0.1) is 0 Å². The van der Waals surface area contributed by atoms with E-state index in [2.05, 4.69) is 0 Å². The summed E-state index contributed by atoms with van der Waals surface area (Å²) in [6.07, 6.45) is 0. The summed E-state index contributed by atoms with van der Waals surface area (Å²) in [7, 11) is 1.13. The Balaban J connectivity index is 3.84. The maximum absolute atomic E-state index is 10.3. The van der Waals surface area contributed by atoms with Crippen molar-refractivity contribution in [2.24, 2.45) is 0 Å². The second-order valence-corrected chi connectivity index (χ2v) is 6.31. The zero-order valence-electron chi connectivity index (χ0n) is 7.25. The lowest BCUT2D eigenvalue weighted by atomic mass is 11.0. The molecule has 1 radical (unpaired) electrons. The molecular formula is C5H15O4Si2. The van der Waals surface area contributed by atoms with Crippen LogP contribution in [0.3, 0.4) is 0 Å². The van der Waals surface area contributed by atoms with Gasteiger partial charge in [-0.3, -0.25) is 0 Å². The molecule has 0 saturated carbocycles. The second kappa shape index (κ2) is 5.87. The summed E-state index contributed by atoms with van der Waals surface area (Å²) in [6, 6.07) is 1.34. The van der Waals surface area contributed by atoms with Crippen molar-refractivity contribution in [3.63, 3.8) is 0 Å². The fraction of sp³-hybridized carbons (Fsp3) is 1.00. The van der Waals surface area contributed by atoms with Crippen LogP contribution < -0.4 is 0 Å². The molecule has 0 N–H and O–H groups in total. The predicted octanol–water partition coefficient (Wildman–Crippen LogP) is -0.203. The normalized spacial score (nSPS) is 13.1. The van der Waals surface area contributed by atoms with E-state index < -0.39 is 18.6 Å². The van der Waals surface area contributed by atoms with Gasteiger partial charge in [-0.15, -0.1) is 0 Å². The summed E-state index contributed by atoms with van der Waals surface area (Å²) < 4.78 is 15.3. The molecule has 0 rings (SSSR count). The minimum absolute atomic E-state index is 0.659. The molecule has 0 saturated heterocycles. The van der Waals surface area contributed by atoms with Crippen molar-refractivity contribution in [3.05, 3.63) is 0 Å². The fourth-order valence-corrected chi connectivity index (χ4v) is 4.27. The molecule has 0 aliphatic heterocycles. The van der Waals surface area contributed by atoms with Crippen LogP contribution in [-0.4, -0.2) is 39.9 Å². The molecule has 0 aliphatic carbocycles. The molecule has 67 valence electrons. The van der Waals surface area contributed by atoms with Crippen molar-refractivity contribution in [2.45, 2.75) is 12.1 Å². The maximum Gasteiger partial charge on any atom is 0.499 e. The first-order valence-electron chi connectivity index (χ1n) is 3.48. The Labute approximate surface area is 70.8 Å². The Kier molecular flexibility index (Phi) is 6.01. The zero-order valence-corrected chi connectivity index (χ0v) is 9.67. The van der Waals surface area contributed by atoms with E-state index >= 15 is 0 Å². The predicted molar refractivity (Wildman–Crippen MR) is 45.6 cm³/mol. The van der Waals surface area contributed by atoms with Crippen LogP contribution in [-0.2, 0) is 18.1 Å². The molecule has 4 nitrogen and oxygen atoms in total. The molecule has 0 amide bonds. The van der Waals surface area contributed by atoms with Crippen molar-refractivity contribution < 1.29 is 18.1 Å². The first-order chi connectivity index (χ1) is 5.24. The van der Waals surface area contributed by atoms with Gasteiger partial charge in [0.15, 0.2) is 0 Å². The van der Waals surface area contributed by atoms with Gasteiger partial charge in [0, 0.05) is 27.4 Å². The molecule has 0 atom stereocenters. The third kappa shape index (κ3) is 3.45. The molecule has 0 bridgehead atoms. The topological polar surface area (TPSA) is 47.6 Å². The van der Waals surface area contributed by atoms with Crippen LogP contribution in [0.25, 0.3) is 0 Å². The van der Waals surface area contributed by atoms with Gasteiger partial charge in [0.1, 0.15) is 0 Å². The van der Waals surface area contributed by atoms with Crippen molar-refractivity contribution in [1.29, 1.82) is 0 Å². The molecule has 0 aromatic heterocycles. The van der Waals surface area contributed by atoms with E-state index in [1.165, 1.54) is 0 Å². The Hall–Kier alpha value is 0.274. The lowest BCUT2D eigenvalue weighted by Crippen LogP contribution is -2.42. The first-order valence-corrected chi connectivity index (χ1v) is 6.99. The van der Waals surface area contributed by atoms with E-state index in [1.54, 1.807) is 21.3 Å². The lowest BCUT2D eigenvalue weighted by molar-refractivity contribution is 0.125. The number of hydrogen-bond acceptors (Lipinski definition) is 3. The van der Waals surface area contributed by atoms with E-state index in [0.717, 1.165) is 0 Å². The molecule has 0 aromatic carbocycles. The highest BCUT2D eigenvalue weighted by Crippen LogP contribution is 2.14. The summed E-state index contributed by atoms with van der Waals surface area (Å²) in [5.41, 5.74) is 0. The number of rotatable bonds is 6. The Morgan fingerprint density at radius 1 is 1.18 bits per heavy atom. The molecule has 0 unspecified atom stereocenters. The van der Waals surface area contributed by atoms with Crippen LogP contribution in [0.4, 0.5) is 0 Å². The highest BCUT2D eigenvalue weighted by molar-refractivity contribution is 6.61. The monoisotopic (exact) mass is 195 g/mol. The van der Waals surface area contributed by atoms with Gasteiger partial charge in [-0.1, -0.05) is 0 Å². The fourth-order valence-electron chi connectivity index (χ4n) is 0.845. The molecule has 0 fully saturated rings. The minimum Gasteiger partial charge on any atom is -0.377 e. The van der Waals surface area contributed by atoms with Gasteiger partial charge in [-0.25, -0.2) is 0 Å². The van der Waals surface area contributed by atoms with Gasteiger partial charge in [0.25, 0.3) is 0 Å². The first kappa shape index (κ1) is 11.3. The number of hydrogen-bond donors (Lipinski definition) is 0. The Morgan fingerprint density at radius 2 is 1.64 bits per heavy atom. The molecule has 0 aliphatic rings. The molecule has 0 heterocycles. The third-order valence-electron chi connectivity index (χ3n) is 1.56. The molecule has 6 heteroatoms. The average molecular weight is 195 g/mol. The van der Waals surface area contributed by atoms with E-state index in [9.17, 15) is 4.80 Å². The molecule has 11 heavy (non-hydrogen) atoms. The SMILES string of the molecule is CO[Si](CC[SiH2][O])(OC)OC. The van der Waals surface area contributed by atoms with Gasteiger partial charge in [-0.2, -0.15) is 0 Å². The molecule has 0 aromatic rings. The highest BCUT2D eigenvalue weighted by Gasteiger charge is 2.36. The Bertz CT molecular complexity index is 88.2. The van der Waals surface area contributed by atoms with E-state index in [4.69, 9.17) is 13.3 Å². The summed E-state index contributed by atoms with van der Waals surface area (Å²) in [5.74, 6) is 0. The van der Waals surface area contributed by atoms with Crippen molar-refractivity contribution in [2.75, 3.05) is 21.3 Å². The quantitative estimate of drug-likeness (QED) is 0.551. The van der Waals surface area contributed by atoms with Crippen molar-refractivity contribution >= 4 is 18.6 Å². The third-order valence-corrected chi connectivity index (χ3v) is 5.74. The van der Waals surface area contributed by atoms with Crippen LogP contribution in [0.15, 0.2) is 0 Å². The van der Waals surface area contributed by atoms with Crippen LogP contribution in [0.1, 0.15) is 0 Å². The standard InChI is InChI=1S/C5H15O4Si2/c1-7-11(8-2,9-3)5-4-10-6/h4-5,10H2,1-3H3. The van der Waals surface area contributed by atoms with E-state index in [1.807, 2.05) is 0 Å². The summed E-state index contributed by atoms with van der Waals surface area (Å²) in [4.78, 5) is 10.3. The average Bonchev–Trinajstić information content (AvgIpc) is 2.08. The van der Waals surface area contributed by atoms with E-state index in [0.29, 0.717) is 12.1 Å². The van der Waals surface area contributed by atoms with Crippen LogP contribution >= 0.6 is 0 Å². The Morgan fingerprint density at radius 3 is 1.91 bits per heavy atom. The van der Waals surface area contributed by atoms with E-state index in [-0.39, 0.29) is 0 Å². The van der Waals surface area contributed by atoms with Crippen LogP contribution in [0.5, 0.6) is 0 Å². The van der Waals surface area contributed by atoms with Crippen LogP contribution in [0.2, 0.25) is 12.1 Å². The van der Waals surface area contributed by atoms with Gasteiger partial charge >= 0.3 is 8.80 Å².